The Bertz CT molecular complexity index is 486. The van der Waals surface area contributed by atoms with Gasteiger partial charge < -0.3 is 10.5 Å². The SMILES string of the molecule is COc1ccc(-c2nsnc2N)cc1Br. The molecule has 0 unspecified atom stereocenters. The van der Waals surface area contributed by atoms with Crippen molar-refractivity contribution >= 4 is 33.5 Å². The van der Waals surface area contributed by atoms with E-state index in [9.17, 15) is 0 Å². The number of methoxy groups -OCH3 is 1. The van der Waals surface area contributed by atoms with Gasteiger partial charge in [0.15, 0.2) is 5.82 Å². The minimum absolute atomic E-state index is 0.456. The number of anilines is 1. The third-order valence-electron chi connectivity index (χ3n) is 1.94. The second kappa shape index (κ2) is 4.16. The highest BCUT2D eigenvalue weighted by Crippen LogP contribution is 2.31. The maximum Gasteiger partial charge on any atom is 0.165 e. The zero-order chi connectivity index (χ0) is 10.8. The van der Waals surface area contributed by atoms with Crippen molar-refractivity contribution in [2.24, 2.45) is 0 Å². The van der Waals surface area contributed by atoms with Crippen molar-refractivity contribution in [3.05, 3.63) is 22.7 Å². The summed E-state index contributed by atoms with van der Waals surface area (Å²) >= 11 is 4.51. The number of hydrogen-bond donors (Lipinski definition) is 1. The molecule has 1 aromatic carbocycles. The third-order valence-corrected chi connectivity index (χ3v) is 3.10. The summed E-state index contributed by atoms with van der Waals surface area (Å²) in [5.41, 5.74) is 7.32. The number of benzene rings is 1. The van der Waals surface area contributed by atoms with Gasteiger partial charge in [-0.3, -0.25) is 0 Å². The Morgan fingerprint density at radius 2 is 2.20 bits per heavy atom. The molecule has 0 aliphatic rings. The van der Waals surface area contributed by atoms with Gasteiger partial charge in [-0.25, -0.2) is 0 Å². The number of hydrogen-bond acceptors (Lipinski definition) is 5. The quantitative estimate of drug-likeness (QED) is 0.921. The van der Waals surface area contributed by atoms with E-state index in [2.05, 4.69) is 24.7 Å². The highest BCUT2D eigenvalue weighted by Gasteiger charge is 2.09. The van der Waals surface area contributed by atoms with Gasteiger partial charge in [-0.2, -0.15) is 8.75 Å². The van der Waals surface area contributed by atoms with Gasteiger partial charge in [0.2, 0.25) is 0 Å². The van der Waals surface area contributed by atoms with Gasteiger partial charge in [-0.1, -0.05) is 0 Å². The van der Waals surface area contributed by atoms with Gasteiger partial charge in [0.25, 0.3) is 0 Å². The summed E-state index contributed by atoms with van der Waals surface area (Å²) in [5, 5.41) is 0. The average Bonchev–Trinajstić information content (AvgIpc) is 2.64. The van der Waals surface area contributed by atoms with Gasteiger partial charge in [0.1, 0.15) is 11.4 Å². The molecule has 0 spiro atoms. The number of ether oxygens (including phenoxy) is 1. The maximum atomic E-state index is 5.68. The molecule has 2 rings (SSSR count). The van der Waals surface area contributed by atoms with Crippen molar-refractivity contribution in [1.82, 2.24) is 8.75 Å². The minimum atomic E-state index is 0.456. The molecule has 2 aromatic rings. The first-order valence-corrected chi connectivity index (χ1v) is 5.66. The van der Waals surface area contributed by atoms with Crippen LogP contribution in [0, 0.1) is 0 Å². The fourth-order valence-corrected chi connectivity index (χ4v) is 2.25. The molecule has 0 fully saturated rings. The van der Waals surface area contributed by atoms with Crippen LogP contribution in [-0.2, 0) is 0 Å². The molecule has 15 heavy (non-hydrogen) atoms. The molecule has 0 aliphatic heterocycles. The monoisotopic (exact) mass is 285 g/mol. The van der Waals surface area contributed by atoms with Crippen LogP contribution in [0.5, 0.6) is 5.75 Å². The first-order chi connectivity index (χ1) is 7.22. The van der Waals surface area contributed by atoms with E-state index >= 15 is 0 Å². The molecule has 0 bridgehead atoms. The van der Waals surface area contributed by atoms with Crippen LogP contribution in [0.4, 0.5) is 5.82 Å². The molecular weight excluding hydrogens is 278 g/mol. The lowest BCUT2D eigenvalue weighted by molar-refractivity contribution is 0.412. The summed E-state index contributed by atoms with van der Waals surface area (Å²) in [7, 11) is 1.62. The van der Waals surface area contributed by atoms with Crippen LogP contribution in [0.15, 0.2) is 22.7 Å². The fourth-order valence-electron chi connectivity index (χ4n) is 1.21. The van der Waals surface area contributed by atoms with E-state index < -0.39 is 0 Å². The lowest BCUT2D eigenvalue weighted by Crippen LogP contribution is -1.89. The van der Waals surface area contributed by atoms with Crippen molar-refractivity contribution in [3.63, 3.8) is 0 Å². The molecule has 0 saturated heterocycles. The summed E-state index contributed by atoms with van der Waals surface area (Å²) in [6.45, 7) is 0. The molecule has 0 radical (unpaired) electrons. The smallest absolute Gasteiger partial charge is 0.165 e. The van der Waals surface area contributed by atoms with Crippen LogP contribution in [0.25, 0.3) is 11.3 Å². The Labute approximate surface area is 99.5 Å². The molecule has 78 valence electrons. The number of nitrogens with two attached hydrogens (primary N) is 1. The molecule has 0 atom stereocenters. The molecular formula is C9H8BrN3OS. The van der Waals surface area contributed by atoms with Gasteiger partial charge >= 0.3 is 0 Å². The summed E-state index contributed by atoms with van der Waals surface area (Å²) in [5.74, 6) is 1.23. The maximum absolute atomic E-state index is 5.68. The number of rotatable bonds is 2. The molecule has 4 nitrogen and oxygen atoms in total. The summed E-state index contributed by atoms with van der Waals surface area (Å²) in [6, 6.07) is 5.67. The Hall–Kier alpha value is -1.14. The topological polar surface area (TPSA) is 61.0 Å². The Morgan fingerprint density at radius 1 is 1.40 bits per heavy atom. The standard InChI is InChI=1S/C9H8BrN3OS/c1-14-7-3-2-5(4-6(7)10)8-9(11)13-15-12-8/h2-4H,1H3,(H2,11,13). The Kier molecular flexibility index (Phi) is 2.88. The second-order valence-electron chi connectivity index (χ2n) is 2.85. The van der Waals surface area contributed by atoms with Crippen LogP contribution in [0.2, 0.25) is 0 Å². The van der Waals surface area contributed by atoms with Crippen LogP contribution < -0.4 is 10.5 Å². The summed E-state index contributed by atoms with van der Waals surface area (Å²) in [4.78, 5) is 0. The van der Waals surface area contributed by atoms with Crippen molar-refractivity contribution in [1.29, 1.82) is 0 Å². The molecule has 0 amide bonds. The van der Waals surface area contributed by atoms with Gasteiger partial charge in [-0.05, 0) is 34.1 Å². The van der Waals surface area contributed by atoms with Gasteiger partial charge in [-0.15, -0.1) is 0 Å². The van der Waals surface area contributed by atoms with E-state index in [1.807, 2.05) is 18.2 Å². The van der Waals surface area contributed by atoms with Crippen molar-refractivity contribution in [2.75, 3.05) is 12.8 Å². The van der Waals surface area contributed by atoms with E-state index in [1.165, 1.54) is 0 Å². The van der Waals surface area contributed by atoms with E-state index in [4.69, 9.17) is 10.5 Å². The summed E-state index contributed by atoms with van der Waals surface area (Å²) in [6.07, 6.45) is 0. The average molecular weight is 286 g/mol. The first kappa shape index (κ1) is 10.4. The Morgan fingerprint density at radius 3 is 2.73 bits per heavy atom. The normalized spacial score (nSPS) is 10.3. The third kappa shape index (κ3) is 1.95. The molecule has 1 heterocycles. The molecule has 1 aromatic heterocycles. The van der Waals surface area contributed by atoms with Crippen molar-refractivity contribution in [3.8, 4) is 17.0 Å². The van der Waals surface area contributed by atoms with Crippen LogP contribution in [0.3, 0.4) is 0 Å². The highest BCUT2D eigenvalue weighted by atomic mass is 79.9. The highest BCUT2D eigenvalue weighted by molar-refractivity contribution is 9.10. The number of nitrogens with zero attached hydrogens (tertiary/aromatic N) is 2. The predicted molar refractivity (Wildman–Crippen MR) is 64.0 cm³/mol. The lowest BCUT2D eigenvalue weighted by atomic mass is 10.1. The number of halogens is 1. The summed E-state index contributed by atoms with van der Waals surface area (Å²) < 4.78 is 14.1. The molecule has 0 aliphatic carbocycles. The van der Waals surface area contributed by atoms with E-state index in [-0.39, 0.29) is 0 Å². The zero-order valence-corrected chi connectivity index (χ0v) is 10.3. The molecule has 6 heteroatoms. The van der Waals surface area contributed by atoms with E-state index in [0.29, 0.717) is 11.5 Å². The zero-order valence-electron chi connectivity index (χ0n) is 7.90. The second-order valence-corrected chi connectivity index (χ2v) is 4.23. The van der Waals surface area contributed by atoms with Gasteiger partial charge in [0.05, 0.1) is 23.3 Å². The van der Waals surface area contributed by atoms with Gasteiger partial charge in [0, 0.05) is 5.56 Å². The van der Waals surface area contributed by atoms with E-state index in [1.54, 1.807) is 7.11 Å². The first-order valence-electron chi connectivity index (χ1n) is 4.14. The number of nitrogen functional groups attached to an aromatic ring is 1. The van der Waals surface area contributed by atoms with E-state index in [0.717, 1.165) is 27.5 Å². The van der Waals surface area contributed by atoms with Crippen LogP contribution >= 0.6 is 27.7 Å². The minimum Gasteiger partial charge on any atom is -0.496 e. The molecule has 0 saturated carbocycles. The van der Waals surface area contributed by atoms with Crippen LogP contribution in [-0.4, -0.2) is 15.9 Å². The predicted octanol–water partition coefficient (Wildman–Crippen LogP) is 2.56. The van der Waals surface area contributed by atoms with Crippen molar-refractivity contribution < 1.29 is 4.74 Å². The largest absolute Gasteiger partial charge is 0.496 e. The lowest BCUT2D eigenvalue weighted by Gasteiger charge is -2.04. The fraction of sp³-hybridized carbons (Fsp3) is 0.111. The number of aromatic nitrogens is 2. The van der Waals surface area contributed by atoms with Crippen molar-refractivity contribution in [2.45, 2.75) is 0 Å². The molecule has 2 N–H and O–H groups in total. The Balaban J connectivity index is 2.47. The van der Waals surface area contributed by atoms with Crippen LogP contribution in [0.1, 0.15) is 0 Å².